The number of nitrogens with one attached hydrogen (secondary N) is 2. The van der Waals surface area contributed by atoms with E-state index in [1.807, 2.05) is 0 Å². The van der Waals surface area contributed by atoms with Crippen LogP contribution >= 0.6 is 0 Å². The van der Waals surface area contributed by atoms with Gasteiger partial charge in [-0.3, -0.25) is 4.99 Å². The van der Waals surface area contributed by atoms with E-state index in [4.69, 9.17) is 14.5 Å². The van der Waals surface area contributed by atoms with E-state index in [1.165, 1.54) is 18.4 Å². The van der Waals surface area contributed by atoms with E-state index in [0.29, 0.717) is 6.04 Å². The van der Waals surface area contributed by atoms with Crippen LogP contribution in [0.4, 0.5) is 0 Å². The standard InChI is InChI=1S/C19H36N4O2/c1-3-20-19(21-10-5-17-8-15-25-16-9-17)22-18-6-12-23(13-7-18)11-4-14-24-2/h8,18H,3-7,9-16H2,1-2H3,(H2,20,21,22). The van der Waals surface area contributed by atoms with Crippen molar-refractivity contribution in [1.82, 2.24) is 15.5 Å². The van der Waals surface area contributed by atoms with Crippen molar-refractivity contribution in [3.63, 3.8) is 0 Å². The number of rotatable bonds is 9. The summed E-state index contributed by atoms with van der Waals surface area (Å²) in [5, 5.41) is 7.01. The third-order valence-corrected chi connectivity index (χ3v) is 4.86. The second-order valence-corrected chi connectivity index (χ2v) is 6.80. The minimum absolute atomic E-state index is 0.527. The Hall–Kier alpha value is -1.11. The van der Waals surface area contributed by atoms with Gasteiger partial charge in [0.25, 0.3) is 0 Å². The molecule has 0 aromatic carbocycles. The maximum Gasteiger partial charge on any atom is 0.191 e. The summed E-state index contributed by atoms with van der Waals surface area (Å²) in [5.74, 6) is 0.966. The van der Waals surface area contributed by atoms with Gasteiger partial charge in [0, 0.05) is 52.5 Å². The highest BCUT2D eigenvalue weighted by Gasteiger charge is 2.19. The number of guanidine groups is 1. The molecule has 0 saturated carbocycles. The quantitative estimate of drug-likeness (QED) is 0.287. The molecule has 0 bridgehead atoms. The Labute approximate surface area is 153 Å². The number of aliphatic imine (C=N–C) groups is 1. The lowest BCUT2D eigenvalue weighted by atomic mass is 10.1. The summed E-state index contributed by atoms with van der Waals surface area (Å²) in [7, 11) is 1.77. The topological polar surface area (TPSA) is 58.1 Å². The molecule has 0 aliphatic carbocycles. The predicted molar refractivity (Wildman–Crippen MR) is 103 cm³/mol. The van der Waals surface area contributed by atoms with Crippen LogP contribution in [-0.4, -0.2) is 76.6 Å². The summed E-state index contributed by atoms with van der Waals surface area (Å²) >= 11 is 0. The molecule has 6 nitrogen and oxygen atoms in total. The van der Waals surface area contributed by atoms with E-state index < -0.39 is 0 Å². The average Bonchev–Trinajstić information content (AvgIpc) is 2.64. The molecule has 25 heavy (non-hydrogen) atoms. The van der Waals surface area contributed by atoms with Gasteiger partial charge < -0.3 is 25.0 Å². The van der Waals surface area contributed by atoms with Crippen LogP contribution in [0.1, 0.15) is 39.0 Å². The number of piperidine rings is 1. The first-order chi connectivity index (χ1) is 12.3. The van der Waals surface area contributed by atoms with E-state index in [9.17, 15) is 0 Å². The van der Waals surface area contributed by atoms with Gasteiger partial charge in [-0.25, -0.2) is 0 Å². The van der Waals surface area contributed by atoms with Crippen LogP contribution in [0.15, 0.2) is 16.6 Å². The van der Waals surface area contributed by atoms with Gasteiger partial charge in [0.05, 0.1) is 13.2 Å². The summed E-state index contributed by atoms with van der Waals surface area (Å²) in [4.78, 5) is 7.30. The van der Waals surface area contributed by atoms with Crippen LogP contribution < -0.4 is 10.6 Å². The van der Waals surface area contributed by atoms with Crippen molar-refractivity contribution in [3.05, 3.63) is 11.6 Å². The minimum Gasteiger partial charge on any atom is -0.385 e. The maximum absolute atomic E-state index is 5.36. The summed E-state index contributed by atoms with van der Waals surface area (Å²) in [6.07, 6.45) is 7.79. The molecule has 1 fully saturated rings. The molecule has 1 saturated heterocycles. The molecule has 0 unspecified atom stereocenters. The Balaban J connectivity index is 1.69. The van der Waals surface area contributed by atoms with Gasteiger partial charge in [0.15, 0.2) is 5.96 Å². The molecule has 0 radical (unpaired) electrons. The van der Waals surface area contributed by atoms with Gasteiger partial charge in [-0.1, -0.05) is 11.6 Å². The summed E-state index contributed by atoms with van der Waals surface area (Å²) in [6.45, 7) is 9.82. The fourth-order valence-electron chi connectivity index (χ4n) is 3.35. The number of hydrogen-bond donors (Lipinski definition) is 2. The smallest absolute Gasteiger partial charge is 0.191 e. The van der Waals surface area contributed by atoms with Crippen molar-refractivity contribution in [1.29, 1.82) is 0 Å². The third kappa shape index (κ3) is 8.21. The van der Waals surface area contributed by atoms with Gasteiger partial charge in [-0.05, 0) is 39.0 Å². The lowest BCUT2D eigenvalue weighted by molar-refractivity contribution is 0.153. The lowest BCUT2D eigenvalue weighted by Gasteiger charge is -2.33. The van der Waals surface area contributed by atoms with E-state index in [-0.39, 0.29) is 0 Å². The fourth-order valence-corrected chi connectivity index (χ4v) is 3.35. The minimum atomic E-state index is 0.527. The highest BCUT2D eigenvalue weighted by Crippen LogP contribution is 2.12. The monoisotopic (exact) mass is 352 g/mol. The number of likely N-dealkylation sites (tertiary alicyclic amines) is 1. The predicted octanol–water partition coefficient (Wildman–Crippen LogP) is 1.78. The van der Waals surface area contributed by atoms with Crippen LogP contribution in [0.2, 0.25) is 0 Å². The van der Waals surface area contributed by atoms with Crippen LogP contribution in [-0.2, 0) is 9.47 Å². The molecule has 2 heterocycles. The molecule has 0 aromatic heterocycles. The van der Waals surface area contributed by atoms with Gasteiger partial charge in [-0.2, -0.15) is 0 Å². The van der Waals surface area contributed by atoms with Crippen molar-refractivity contribution in [2.24, 2.45) is 4.99 Å². The second kappa shape index (κ2) is 12.3. The number of methoxy groups -OCH3 is 1. The zero-order valence-electron chi connectivity index (χ0n) is 16.1. The molecular formula is C19H36N4O2. The van der Waals surface area contributed by atoms with Crippen molar-refractivity contribution < 1.29 is 9.47 Å². The van der Waals surface area contributed by atoms with E-state index in [0.717, 1.165) is 77.8 Å². The second-order valence-electron chi connectivity index (χ2n) is 6.80. The summed E-state index contributed by atoms with van der Waals surface area (Å²) in [5.41, 5.74) is 1.48. The van der Waals surface area contributed by atoms with Crippen LogP contribution in [0, 0.1) is 0 Å². The van der Waals surface area contributed by atoms with Crippen molar-refractivity contribution in [2.45, 2.75) is 45.1 Å². The third-order valence-electron chi connectivity index (χ3n) is 4.86. The van der Waals surface area contributed by atoms with E-state index in [1.54, 1.807) is 7.11 Å². The number of ether oxygens (including phenoxy) is 2. The van der Waals surface area contributed by atoms with Gasteiger partial charge in [-0.15, -0.1) is 0 Å². The van der Waals surface area contributed by atoms with Crippen LogP contribution in [0.25, 0.3) is 0 Å². The first kappa shape index (κ1) is 20.2. The molecule has 0 amide bonds. The molecule has 6 heteroatoms. The molecule has 2 rings (SSSR count). The molecule has 2 N–H and O–H groups in total. The Morgan fingerprint density at radius 1 is 1.40 bits per heavy atom. The zero-order chi connectivity index (χ0) is 17.7. The Morgan fingerprint density at radius 2 is 2.24 bits per heavy atom. The lowest BCUT2D eigenvalue weighted by Crippen LogP contribution is -2.48. The van der Waals surface area contributed by atoms with Gasteiger partial charge in [0.1, 0.15) is 0 Å². The molecule has 2 aliphatic rings. The van der Waals surface area contributed by atoms with E-state index in [2.05, 4.69) is 28.5 Å². The Bertz CT molecular complexity index is 418. The summed E-state index contributed by atoms with van der Waals surface area (Å²) in [6, 6.07) is 0.527. The highest BCUT2D eigenvalue weighted by molar-refractivity contribution is 5.80. The van der Waals surface area contributed by atoms with Crippen LogP contribution in [0.5, 0.6) is 0 Å². The molecule has 2 aliphatic heterocycles. The largest absolute Gasteiger partial charge is 0.385 e. The molecular weight excluding hydrogens is 316 g/mol. The first-order valence-electron chi connectivity index (χ1n) is 9.83. The van der Waals surface area contributed by atoms with Crippen LogP contribution in [0.3, 0.4) is 0 Å². The molecule has 0 spiro atoms. The zero-order valence-corrected chi connectivity index (χ0v) is 16.1. The average molecular weight is 353 g/mol. The molecule has 0 aromatic rings. The van der Waals surface area contributed by atoms with Gasteiger partial charge >= 0.3 is 0 Å². The maximum atomic E-state index is 5.36. The highest BCUT2D eigenvalue weighted by atomic mass is 16.5. The SMILES string of the molecule is CCNC(=NCCC1=CCOCC1)NC1CCN(CCCOC)CC1. The fraction of sp³-hybridized carbons (Fsp3) is 0.842. The Morgan fingerprint density at radius 3 is 2.92 bits per heavy atom. The van der Waals surface area contributed by atoms with Crippen molar-refractivity contribution >= 4 is 5.96 Å². The normalized spacial score (nSPS) is 20.4. The van der Waals surface area contributed by atoms with E-state index >= 15 is 0 Å². The number of nitrogens with zero attached hydrogens (tertiary/aromatic N) is 2. The Kier molecular flexibility index (Phi) is 9.92. The first-order valence-corrected chi connectivity index (χ1v) is 9.83. The summed E-state index contributed by atoms with van der Waals surface area (Å²) < 4.78 is 10.5. The number of hydrogen-bond acceptors (Lipinski definition) is 4. The van der Waals surface area contributed by atoms with Gasteiger partial charge in [0.2, 0.25) is 0 Å². The molecule has 0 atom stereocenters. The van der Waals surface area contributed by atoms with Crippen molar-refractivity contribution in [2.75, 3.05) is 59.7 Å². The molecule has 144 valence electrons. The van der Waals surface area contributed by atoms with Crippen molar-refractivity contribution in [3.8, 4) is 0 Å².